The zero-order valence-corrected chi connectivity index (χ0v) is 28.2. The van der Waals surface area contributed by atoms with Gasteiger partial charge in [0, 0.05) is 53.5 Å². The molecule has 0 bridgehead atoms. The van der Waals surface area contributed by atoms with E-state index in [1.165, 1.54) is 6.20 Å². The molecule has 3 heterocycles. The fraction of sp³-hybridized carbons (Fsp3) is 0.485. The van der Waals surface area contributed by atoms with Gasteiger partial charge in [0.05, 0.1) is 24.8 Å². The Kier molecular flexibility index (Phi) is 10.9. The van der Waals surface area contributed by atoms with Gasteiger partial charge in [0.15, 0.2) is 17.4 Å². The van der Waals surface area contributed by atoms with Crippen LogP contribution in [0.4, 0.5) is 19.0 Å². The Labute approximate surface area is 277 Å². The Balaban J connectivity index is 1.22. The van der Waals surface area contributed by atoms with Crippen LogP contribution in [-0.2, 0) is 33.6 Å². The molecule has 0 N–H and O–H groups in total. The fourth-order valence-corrected chi connectivity index (χ4v) is 6.43. The van der Waals surface area contributed by atoms with Gasteiger partial charge in [0.1, 0.15) is 24.7 Å². The van der Waals surface area contributed by atoms with E-state index in [1.807, 2.05) is 23.1 Å². The number of benzene rings is 1. The number of aromatic nitrogens is 3. The van der Waals surface area contributed by atoms with Gasteiger partial charge in [-0.15, -0.1) is 0 Å². The van der Waals surface area contributed by atoms with Gasteiger partial charge in [0.2, 0.25) is 5.91 Å². The van der Waals surface area contributed by atoms with Crippen LogP contribution in [0, 0.1) is 11.3 Å². The number of ether oxygens (including phenoxy) is 3. The van der Waals surface area contributed by atoms with Gasteiger partial charge >= 0.3 is 6.18 Å². The second kappa shape index (κ2) is 14.9. The molecular formula is C33H39F3N6O5Si. The van der Waals surface area contributed by atoms with Crippen molar-refractivity contribution in [3.8, 4) is 11.8 Å². The lowest BCUT2D eigenvalue weighted by Crippen LogP contribution is -2.49. The lowest BCUT2D eigenvalue weighted by molar-refractivity contribution is -0.142. The molecule has 11 nitrogen and oxygen atoms in total. The maximum Gasteiger partial charge on any atom is 0.425 e. The Bertz CT molecular complexity index is 1680. The van der Waals surface area contributed by atoms with Gasteiger partial charge in [-0.2, -0.15) is 23.5 Å². The number of alkyl halides is 3. The molecule has 1 aliphatic heterocycles. The first-order chi connectivity index (χ1) is 22.8. The molecule has 1 amide bonds. The molecule has 2 aliphatic rings. The number of nitriles is 1. The first kappa shape index (κ1) is 35.1. The van der Waals surface area contributed by atoms with E-state index in [2.05, 4.69) is 29.7 Å². The largest absolute Gasteiger partial charge is 0.480 e. The van der Waals surface area contributed by atoms with Crippen molar-refractivity contribution >= 4 is 19.8 Å². The maximum atomic E-state index is 14.3. The smallest absolute Gasteiger partial charge is 0.425 e. The molecule has 15 heteroatoms. The summed E-state index contributed by atoms with van der Waals surface area (Å²) in [4.78, 5) is 34.1. The number of amides is 1. The Morgan fingerprint density at radius 1 is 1.06 bits per heavy atom. The highest BCUT2D eigenvalue weighted by Gasteiger charge is 2.42. The van der Waals surface area contributed by atoms with E-state index in [-0.39, 0.29) is 18.9 Å². The third-order valence-corrected chi connectivity index (χ3v) is 10.1. The summed E-state index contributed by atoms with van der Waals surface area (Å²) in [7, 11) is -1.43. The molecule has 1 aromatic carbocycles. The summed E-state index contributed by atoms with van der Waals surface area (Å²) >= 11 is 0. The molecule has 2 atom stereocenters. The first-order valence-electron chi connectivity index (χ1n) is 15.8. The van der Waals surface area contributed by atoms with Gasteiger partial charge in [-0.25, -0.2) is 9.67 Å². The number of anilines is 1. The standard InChI is InChI=1S/C33H39F3N6O5Si/c1-48(2,3)17-16-45-22-42-32(44)30(33(34,35)36)27(21-39-42)47-31-25-7-5-4-6-24(25)18-26(31)46-15-10-29(43)41-13-11-40(12-14-41)28-9-8-23(19-37)20-38-28/h4-9,20-21,26,31H,10-18,22H2,1-3H3. The molecule has 0 spiro atoms. The number of carbonyl (C=O) groups is 1. The summed E-state index contributed by atoms with van der Waals surface area (Å²) in [5, 5.41) is 12.9. The molecule has 1 fully saturated rings. The highest BCUT2D eigenvalue weighted by Crippen LogP contribution is 2.40. The van der Waals surface area contributed by atoms with Crippen molar-refractivity contribution in [3.05, 3.63) is 81.4 Å². The van der Waals surface area contributed by atoms with E-state index in [4.69, 9.17) is 19.5 Å². The molecule has 0 saturated carbocycles. The molecule has 48 heavy (non-hydrogen) atoms. The molecule has 0 radical (unpaired) electrons. The van der Waals surface area contributed by atoms with Crippen molar-refractivity contribution in [2.45, 2.75) is 63.6 Å². The molecular weight excluding hydrogens is 645 g/mol. The van der Waals surface area contributed by atoms with Crippen LogP contribution in [0.3, 0.4) is 0 Å². The van der Waals surface area contributed by atoms with Gasteiger partial charge in [-0.1, -0.05) is 43.9 Å². The number of piperazine rings is 1. The van der Waals surface area contributed by atoms with E-state index in [9.17, 15) is 22.8 Å². The van der Waals surface area contributed by atoms with Gasteiger partial charge in [-0.05, 0) is 29.3 Å². The second-order valence-electron chi connectivity index (χ2n) is 13.0. The van der Waals surface area contributed by atoms with Crippen LogP contribution < -0.4 is 15.2 Å². The molecule has 1 saturated heterocycles. The van der Waals surface area contributed by atoms with Crippen LogP contribution in [0.15, 0.2) is 53.6 Å². The zero-order valence-electron chi connectivity index (χ0n) is 27.2. The number of hydrogen-bond acceptors (Lipinski definition) is 9. The third-order valence-electron chi connectivity index (χ3n) is 8.36. The topological polar surface area (TPSA) is 123 Å². The van der Waals surface area contributed by atoms with Crippen molar-refractivity contribution in [1.82, 2.24) is 19.7 Å². The minimum Gasteiger partial charge on any atom is -0.480 e. The number of rotatable bonds is 12. The number of fused-ring (bicyclic) bond motifs is 1. The van der Waals surface area contributed by atoms with Crippen LogP contribution >= 0.6 is 0 Å². The summed E-state index contributed by atoms with van der Waals surface area (Å²) in [6.07, 6.45) is -3.78. The Morgan fingerprint density at radius 2 is 1.81 bits per heavy atom. The molecule has 256 valence electrons. The molecule has 2 unspecified atom stereocenters. The maximum absolute atomic E-state index is 14.3. The summed E-state index contributed by atoms with van der Waals surface area (Å²) in [6.45, 7) is 8.52. The number of carbonyl (C=O) groups excluding carboxylic acids is 1. The van der Waals surface area contributed by atoms with Crippen LogP contribution in [0.2, 0.25) is 25.7 Å². The number of pyridine rings is 1. The quantitative estimate of drug-likeness (QED) is 0.198. The average Bonchev–Trinajstić information content (AvgIpc) is 3.39. The van der Waals surface area contributed by atoms with Gasteiger partial charge in [0.25, 0.3) is 5.56 Å². The number of nitrogens with zero attached hydrogens (tertiary/aromatic N) is 6. The average molecular weight is 685 g/mol. The molecule has 5 rings (SSSR count). The van der Waals surface area contributed by atoms with Crippen LogP contribution in [0.5, 0.6) is 5.75 Å². The van der Waals surface area contributed by atoms with Crippen molar-refractivity contribution in [2.75, 3.05) is 44.3 Å². The molecule has 3 aromatic rings. The van der Waals surface area contributed by atoms with Crippen molar-refractivity contribution < 1.29 is 32.2 Å². The monoisotopic (exact) mass is 684 g/mol. The second-order valence-corrected chi connectivity index (χ2v) is 18.6. The first-order valence-corrected chi connectivity index (χ1v) is 19.5. The highest BCUT2D eigenvalue weighted by molar-refractivity contribution is 6.76. The minimum atomic E-state index is -5.00. The summed E-state index contributed by atoms with van der Waals surface area (Å²) in [5.74, 6) is -0.0511. The van der Waals surface area contributed by atoms with Crippen LogP contribution in [0.25, 0.3) is 0 Å². The van der Waals surface area contributed by atoms with Crippen molar-refractivity contribution in [1.29, 1.82) is 5.26 Å². The summed E-state index contributed by atoms with van der Waals surface area (Å²) in [5.41, 5.74) is -0.841. The van der Waals surface area contributed by atoms with E-state index in [0.29, 0.717) is 55.0 Å². The Hall–Kier alpha value is -4.26. The van der Waals surface area contributed by atoms with E-state index < -0.39 is 50.1 Å². The van der Waals surface area contributed by atoms with E-state index in [1.54, 1.807) is 29.2 Å². The SMILES string of the molecule is C[Si](C)(C)CCOCn1ncc(OC2c3ccccc3CC2OCCC(=O)N2CCN(c3ccc(C#N)cn3)CC2)c(C(F)(F)F)c1=O. The van der Waals surface area contributed by atoms with Gasteiger partial charge < -0.3 is 24.0 Å². The highest BCUT2D eigenvalue weighted by atomic mass is 28.3. The van der Waals surface area contributed by atoms with E-state index in [0.717, 1.165) is 23.6 Å². The lowest BCUT2D eigenvalue weighted by Gasteiger charge is -2.35. The normalized spacial score (nSPS) is 18.0. The molecule has 2 aromatic heterocycles. The lowest BCUT2D eigenvalue weighted by atomic mass is 10.1. The van der Waals surface area contributed by atoms with Crippen LogP contribution in [-0.4, -0.2) is 79.1 Å². The fourth-order valence-electron chi connectivity index (χ4n) is 5.67. The zero-order chi connectivity index (χ0) is 34.5. The minimum absolute atomic E-state index is 0.0372. The number of hydrogen-bond donors (Lipinski definition) is 0. The predicted octanol–water partition coefficient (Wildman–Crippen LogP) is 4.64. The predicted molar refractivity (Wildman–Crippen MR) is 173 cm³/mol. The van der Waals surface area contributed by atoms with Crippen molar-refractivity contribution in [3.63, 3.8) is 0 Å². The molecule has 1 aliphatic carbocycles. The third kappa shape index (κ3) is 8.60. The van der Waals surface area contributed by atoms with Crippen LogP contribution in [0.1, 0.15) is 34.8 Å². The Morgan fingerprint density at radius 3 is 2.48 bits per heavy atom. The van der Waals surface area contributed by atoms with Crippen molar-refractivity contribution in [2.24, 2.45) is 0 Å². The summed E-state index contributed by atoms with van der Waals surface area (Å²) < 4.78 is 61.0. The van der Waals surface area contributed by atoms with Gasteiger partial charge in [-0.3, -0.25) is 9.59 Å². The summed E-state index contributed by atoms with van der Waals surface area (Å²) in [6, 6.07) is 13.5. The number of halogens is 3. The van der Waals surface area contributed by atoms with E-state index >= 15 is 0 Å².